The number of allylic oxidation sites excluding steroid dienone is 1. The van der Waals surface area contributed by atoms with Crippen LogP contribution in [0.4, 0.5) is 23.2 Å². The average molecular weight is 548 g/mol. The summed E-state index contributed by atoms with van der Waals surface area (Å²) in [7, 11) is 1.22. The molecule has 208 valence electrons. The number of esters is 1. The van der Waals surface area contributed by atoms with Crippen LogP contribution < -0.4 is 15.4 Å². The number of nitrogens with one attached hydrogen (secondary N) is 3. The number of anilines is 1. The van der Waals surface area contributed by atoms with Crippen LogP contribution in [-0.4, -0.2) is 37.6 Å². The first-order valence-corrected chi connectivity index (χ1v) is 12.6. The summed E-state index contributed by atoms with van der Waals surface area (Å²) in [6.07, 6.45) is 3.97. The Morgan fingerprint density at radius 2 is 1.77 bits per heavy atom. The van der Waals surface area contributed by atoms with Gasteiger partial charge in [0.05, 0.1) is 18.1 Å². The first-order chi connectivity index (χ1) is 18.6. The van der Waals surface area contributed by atoms with Crippen LogP contribution in [-0.2, 0) is 14.9 Å². The summed E-state index contributed by atoms with van der Waals surface area (Å²) >= 11 is 0. The molecule has 4 rings (SSSR count). The number of carbonyl (C=O) groups excluding carboxylic acids is 2. The zero-order valence-corrected chi connectivity index (χ0v) is 21.3. The lowest BCUT2D eigenvalue weighted by Gasteiger charge is -2.22. The maximum Gasteiger partial charge on any atom is 0.573 e. The molecule has 7 nitrogen and oxygen atoms in total. The molecule has 0 unspecified atom stereocenters. The summed E-state index contributed by atoms with van der Waals surface area (Å²) in [5.41, 5.74) is -0.0272. The van der Waals surface area contributed by atoms with E-state index in [1.54, 1.807) is 18.3 Å². The number of halogens is 4. The Labute approximate surface area is 223 Å². The number of hydrogen-bond donors (Lipinski definition) is 3. The summed E-state index contributed by atoms with van der Waals surface area (Å²) < 4.78 is 60.8. The van der Waals surface area contributed by atoms with Gasteiger partial charge in [-0.1, -0.05) is 31.4 Å². The Hall–Kier alpha value is -3.89. The molecule has 0 atom stereocenters. The highest BCUT2D eigenvalue weighted by Crippen LogP contribution is 2.50. The minimum Gasteiger partial charge on any atom is -0.465 e. The fraction of sp³-hybridized carbons (Fsp3) is 0.393. The predicted molar refractivity (Wildman–Crippen MR) is 137 cm³/mol. The highest BCUT2D eigenvalue weighted by atomic mass is 19.4. The van der Waals surface area contributed by atoms with E-state index >= 15 is 0 Å². The van der Waals surface area contributed by atoms with E-state index in [-0.39, 0.29) is 22.9 Å². The van der Waals surface area contributed by atoms with Crippen LogP contribution in [0.25, 0.3) is 5.57 Å². The normalized spacial score (nSPS) is 17.2. The summed E-state index contributed by atoms with van der Waals surface area (Å²) in [5.74, 6) is -2.93. The van der Waals surface area contributed by atoms with Gasteiger partial charge >= 0.3 is 12.3 Å². The van der Waals surface area contributed by atoms with Crippen molar-refractivity contribution in [2.24, 2.45) is 0 Å². The monoisotopic (exact) mass is 547 g/mol. The molecule has 0 spiro atoms. The summed E-state index contributed by atoms with van der Waals surface area (Å²) in [6, 6.07) is 7.55. The number of rotatable bonds is 9. The third-order valence-corrected chi connectivity index (χ3v) is 7.10. The van der Waals surface area contributed by atoms with E-state index in [1.165, 1.54) is 19.6 Å². The molecule has 0 aliphatic heterocycles. The molecule has 2 saturated carbocycles. The topological polar surface area (TPSA) is 101 Å². The number of benzene rings is 2. The average Bonchev–Trinajstić information content (AvgIpc) is 3.71. The number of methoxy groups -OCH3 is 1. The molecule has 2 fully saturated rings. The molecule has 0 aromatic heterocycles. The van der Waals surface area contributed by atoms with E-state index in [2.05, 4.69) is 15.4 Å². The molecular weight excluding hydrogens is 518 g/mol. The number of ether oxygens (including phenoxy) is 2. The van der Waals surface area contributed by atoms with Crippen LogP contribution in [0.2, 0.25) is 0 Å². The Balaban J connectivity index is 1.55. The molecule has 3 N–H and O–H groups in total. The lowest BCUT2D eigenvalue weighted by atomic mass is 9.93. The third-order valence-electron chi connectivity index (χ3n) is 7.10. The molecule has 2 aliphatic carbocycles. The van der Waals surface area contributed by atoms with Crippen molar-refractivity contribution < 1.29 is 36.6 Å². The Bertz CT molecular complexity index is 1280. The fourth-order valence-electron chi connectivity index (χ4n) is 4.90. The minimum absolute atomic E-state index is 0.0397. The number of alkyl halides is 3. The van der Waals surface area contributed by atoms with Gasteiger partial charge in [-0.3, -0.25) is 4.79 Å². The summed E-state index contributed by atoms with van der Waals surface area (Å²) in [4.78, 5) is 25.8. The van der Waals surface area contributed by atoms with Gasteiger partial charge in [0.1, 0.15) is 11.6 Å². The highest BCUT2D eigenvalue weighted by molar-refractivity contribution is 6.13. The number of hydrogen-bond acceptors (Lipinski definition) is 6. The second-order valence-corrected chi connectivity index (χ2v) is 9.72. The van der Waals surface area contributed by atoms with Crippen molar-refractivity contribution in [2.75, 3.05) is 12.4 Å². The van der Waals surface area contributed by atoms with Crippen molar-refractivity contribution in [3.05, 3.63) is 65.1 Å². The lowest BCUT2D eigenvalue weighted by molar-refractivity contribution is -0.274. The van der Waals surface area contributed by atoms with Crippen molar-refractivity contribution in [3.63, 3.8) is 0 Å². The van der Waals surface area contributed by atoms with Crippen LogP contribution in [0, 0.1) is 11.2 Å². The molecule has 0 bridgehead atoms. The van der Waals surface area contributed by atoms with E-state index in [1.807, 2.05) is 0 Å². The minimum atomic E-state index is -4.97. The molecule has 1 amide bonds. The van der Waals surface area contributed by atoms with Crippen molar-refractivity contribution >= 4 is 29.4 Å². The first-order valence-electron chi connectivity index (χ1n) is 12.6. The smallest absolute Gasteiger partial charge is 0.465 e. The Morgan fingerprint density at radius 3 is 2.36 bits per heavy atom. The number of amides is 1. The Kier molecular flexibility index (Phi) is 8.27. The van der Waals surface area contributed by atoms with Crippen LogP contribution >= 0.6 is 0 Å². The molecule has 2 aliphatic rings. The molecule has 0 saturated heterocycles. The van der Waals surface area contributed by atoms with E-state index in [0.717, 1.165) is 44.0 Å². The standard InChI is InChI=1S/C28H29F4N3O4/c1-38-25(36)22-13-19(7-9-21(22)17(15-33)16-34-18-5-3-2-4-6-18)35-26(37)27(11-12-27)23-10-8-20(14-24(23)29)39-28(30,31)32/h7-10,13-16,18,33-34H,2-6,11-12H2,1H3,(H,35,37)/b17-16+,33-15?. The molecule has 39 heavy (non-hydrogen) atoms. The maximum absolute atomic E-state index is 14.7. The van der Waals surface area contributed by atoms with Gasteiger partial charge in [0, 0.05) is 41.3 Å². The van der Waals surface area contributed by atoms with Crippen LogP contribution in [0.1, 0.15) is 66.4 Å². The van der Waals surface area contributed by atoms with Crippen molar-refractivity contribution in [1.29, 1.82) is 5.41 Å². The zero-order valence-electron chi connectivity index (χ0n) is 21.3. The molecule has 2 aromatic rings. The second-order valence-electron chi connectivity index (χ2n) is 9.72. The lowest BCUT2D eigenvalue weighted by Crippen LogP contribution is -2.29. The van der Waals surface area contributed by atoms with E-state index in [9.17, 15) is 27.2 Å². The van der Waals surface area contributed by atoms with Crippen molar-refractivity contribution in [1.82, 2.24) is 5.32 Å². The Morgan fingerprint density at radius 1 is 1.05 bits per heavy atom. The van der Waals surface area contributed by atoms with Gasteiger partial charge in [-0.15, -0.1) is 13.2 Å². The van der Waals surface area contributed by atoms with Gasteiger partial charge in [-0.2, -0.15) is 0 Å². The SMILES string of the molecule is COC(=O)c1cc(NC(=O)C2(c3ccc(OC(F)(F)F)cc3F)CC2)ccc1/C(C=N)=C/NC1CCCCC1. The third kappa shape index (κ3) is 6.58. The largest absolute Gasteiger partial charge is 0.573 e. The first kappa shape index (κ1) is 28.1. The van der Waals surface area contributed by atoms with Crippen LogP contribution in [0.15, 0.2) is 42.6 Å². The molecular formula is C28H29F4N3O4. The van der Waals surface area contributed by atoms with Gasteiger partial charge in [0.25, 0.3) is 0 Å². The second kappa shape index (κ2) is 11.5. The van der Waals surface area contributed by atoms with Gasteiger partial charge < -0.3 is 25.5 Å². The van der Waals surface area contributed by atoms with Gasteiger partial charge in [0.15, 0.2) is 0 Å². The molecule has 11 heteroatoms. The number of carbonyl (C=O) groups is 2. The molecule has 0 heterocycles. The van der Waals surface area contributed by atoms with E-state index in [0.29, 0.717) is 30.0 Å². The predicted octanol–water partition coefficient (Wildman–Crippen LogP) is 6.09. The van der Waals surface area contributed by atoms with Gasteiger partial charge in [-0.05, 0) is 49.4 Å². The highest BCUT2D eigenvalue weighted by Gasteiger charge is 2.53. The van der Waals surface area contributed by atoms with Gasteiger partial charge in [0.2, 0.25) is 5.91 Å². The van der Waals surface area contributed by atoms with Crippen molar-refractivity contribution in [2.45, 2.75) is 62.8 Å². The van der Waals surface area contributed by atoms with Crippen LogP contribution in [0.3, 0.4) is 0 Å². The fourth-order valence-corrected chi connectivity index (χ4v) is 4.90. The summed E-state index contributed by atoms with van der Waals surface area (Å²) in [5, 5.41) is 13.9. The van der Waals surface area contributed by atoms with Crippen LogP contribution in [0.5, 0.6) is 5.75 Å². The van der Waals surface area contributed by atoms with Gasteiger partial charge in [-0.25, -0.2) is 9.18 Å². The zero-order chi connectivity index (χ0) is 28.2. The maximum atomic E-state index is 14.7. The molecule has 0 radical (unpaired) electrons. The quantitative estimate of drug-likeness (QED) is 0.200. The summed E-state index contributed by atoms with van der Waals surface area (Å²) in [6.45, 7) is 0. The van der Waals surface area contributed by atoms with E-state index < -0.39 is 35.2 Å². The molecule has 2 aromatic carbocycles. The van der Waals surface area contributed by atoms with E-state index in [4.69, 9.17) is 10.1 Å². The van der Waals surface area contributed by atoms with Crippen molar-refractivity contribution in [3.8, 4) is 5.75 Å².